The second-order valence-corrected chi connectivity index (χ2v) is 6.93. The van der Waals surface area contributed by atoms with Crippen molar-refractivity contribution in [2.75, 3.05) is 13.2 Å². The normalized spacial score (nSPS) is 11.2. The number of hydrogen-bond acceptors (Lipinski definition) is 4. The van der Waals surface area contributed by atoms with Crippen molar-refractivity contribution in [2.45, 2.75) is 12.5 Å². The van der Waals surface area contributed by atoms with E-state index in [4.69, 9.17) is 4.74 Å². The van der Waals surface area contributed by atoms with Crippen molar-refractivity contribution < 1.29 is 19.1 Å². The quantitative estimate of drug-likeness (QED) is 0.525. The molecule has 0 bridgehead atoms. The number of amides is 2. The number of ether oxygens (including phenoxy) is 1. The Morgan fingerprint density at radius 2 is 1.35 bits per heavy atom. The summed E-state index contributed by atoms with van der Waals surface area (Å²) >= 11 is 0. The summed E-state index contributed by atoms with van der Waals surface area (Å²) in [6, 6.07) is 27.7. The van der Waals surface area contributed by atoms with E-state index in [0.29, 0.717) is 12.0 Å². The molecule has 6 nitrogen and oxygen atoms in total. The summed E-state index contributed by atoms with van der Waals surface area (Å²) in [7, 11) is 0. The molecule has 3 rings (SSSR count). The van der Waals surface area contributed by atoms with Crippen molar-refractivity contribution in [1.82, 2.24) is 10.6 Å². The van der Waals surface area contributed by atoms with E-state index in [1.807, 2.05) is 60.7 Å². The highest BCUT2D eigenvalue weighted by molar-refractivity contribution is 5.96. The molecule has 0 heterocycles. The molecule has 6 heteroatoms. The molecule has 3 aromatic rings. The maximum atomic E-state index is 12.4. The van der Waals surface area contributed by atoms with Crippen molar-refractivity contribution in [3.63, 3.8) is 0 Å². The molecule has 0 saturated heterocycles. The minimum absolute atomic E-state index is 0.257. The van der Waals surface area contributed by atoms with E-state index in [1.165, 1.54) is 0 Å². The fourth-order valence-electron chi connectivity index (χ4n) is 3.06. The Morgan fingerprint density at radius 3 is 2.00 bits per heavy atom. The van der Waals surface area contributed by atoms with Crippen LogP contribution in [0.2, 0.25) is 0 Å². The van der Waals surface area contributed by atoms with Crippen molar-refractivity contribution >= 4 is 17.8 Å². The fraction of sp³-hybridized carbons (Fsp3) is 0.160. The van der Waals surface area contributed by atoms with Crippen molar-refractivity contribution in [1.29, 1.82) is 0 Å². The van der Waals surface area contributed by atoms with Crippen LogP contribution in [0.5, 0.6) is 0 Å². The molecule has 1 atom stereocenters. The molecule has 31 heavy (non-hydrogen) atoms. The molecule has 0 aliphatic heterocycles. The molecular formula is C25H24N2O4. The van der Waals surface area contributed by atoms with Gasteiger partial charge in [-0.3, -0.25) is 14.4 Å². The SMILES string of the molecule is O=C(COC(=O)CNC(=O)c1ccccc1)N[C@@H](Cc1ccccc1)c1ccccc1. The van der Waals surface area contributed by atoms with Crippen molar-refractivity contribution in [3.05, 3.63) is 108 Å². The van der Waals surface area contributed by atoms with Crippen LogP contribution in [0.15, 0.2) is 91.0 Å². The number of hydrogen-bond donors (Lipinski definition) is 2. The summed E-state index contributed by atoms with van der Waals surface area (Å²) < 4.78 is 5.01. The van der Waals surface area contributed by atoms with Gasteiger partial charge in [-0.05, 0) is 29.7 Å². The summed E-state index contributed by atoms with van der Waals surface area (Å²) in [5.74, 6) is -1.47. The third kappa shape index (κ3) is 7.12. The highest BCUT2D eigenvalue weighted by atomic mass is 16.5. The first-order valence-electron chi connectivity index (χ1n) is 9.99. The summed E-state index contributed by atoms with van der Waals surface area (Å²) in [6.07, 6.45) is 0.609. The molecule has 0 unspecified atom stereocenters. The Bertz CT molecular complexity index is 992. The number of rotatable bonds is 9. The van der Waals surface area contributed by atoms with E-state index in [-0.39, 0.29) is 18.5 Å². The molecule has 2 amide bonds. The average molecular weight is 416 g/mol. The molecule has 0 fully saturated rings. The Morgan fingerprint density at radius 1 is 0.774 bits per heavy atom. The van der Waals surface area contributed by atoms with Gasteiger partial charge in [0.2, 0.25) is 0 Å². The van der Waals surface area contributed by atoms with Crippen LogP contribution in [0.4, 0.5) is 0 Å². The fourth-order valence-corrected chi connectivity index (χ4v) is 3.06. The van der Waals surface area contributed by atoms with Gasteiger partial charge in [0.15, 0.2) is 6.61 Å². The number of carbonyl (C=O) groups is 3. The number of carbonyl (C=O) groups excluding carboxylic acids is 3. The Balaban J connectivity index is 1.50. The van der Waals surface area contributed by atoms with Gasteiger partial charge >= 0.3 is 5.97 Å². The van der Waals surface area contributed by atoms with Gasteiger partial charge in [-0.25, -0.2) is 0 Å². The lowest BCUT2D eigenvalue weighted by atomic mass is 9.99. The summed E-state index contributed by atoms with van der Waals surface area (Å²) in [6.45, 7) is -0.731. The van der Waals surface area contributed by atoms with Gasteiger partial charge in [-0.1, -0.05) is 78.9 Å². The average Bonchev–Trinajstić information content (AvgIpc) is 2.82. The van der Waals surface area contributed by atoms with E-state index >= 15 is 0 Å². The first-order valence-corrected chi connectivity index (χ1v) is 9.99. The predicted octanol–water partition coefficient (Wildman–Crippen LogP) is 3.06. The first-order chi connectivity index (χ1) is 15.1. The molecule has 0 aliphatic rings. The van der Waals surface area contributed by atoms with Gasteiger partial charge in [0.1, 0.15) is 6.54 Å². The molecule has 0 aromatic heterocycles. The van der Waals surface area contributed by atoms with Gasteiger partial charge in [0, 0.05) is 5.56 Å². The predicted molar refractivity (Wildman–Crippen MR) is 117 cm³/mol. The number of benzene rings is 3. The van der Waals surface area contributed by atoms with Crippen LogP contribution in [-0.2, 0) is 20.7 Å². The van der Waals surface area contributed by atoms with Crippen LogP contribution in [-0.4, -0.2) is 30.9 Å². The maximum Gasteiger partial charge on any atom is 0.325 e. The minimum atomic E-state index is -0.682. The third-order valence-corrected chi connectivity index (χ3v) is 4.61. The third-order valence-electron chi connectivity index (χ3n) is 4.61. The van der Waals surface area contributed by atoms with Gasteiger partial charge < -0.3 is 15.4 Å². The van der Waals surface area contributed by atoms with Crippen LogP contribution in [0.1, 0.15) is 27.5 Å². The molecular weight excluding hydrogens is 392 g/mol. The molecule has 0 saturated carbocycles. The zero-order chi connectivity index (χ0) is 21.9. The van der Waals surface area contributed by atoms with Crippen LogP contribution >= 0.6 is 0 Å². The lowest BCUT2D eigenvalue weighted by Gasteiger charge is -2.19. The van der Waals surface area contributed by atoms with Gasteiger partial charge in [0.05, 0.1) is 6.04 Å². The molecule has 158 valence electrons. The minimum Gasteiger partial charge on any atom is -0.454 e. The smallest absolute Gasteiger partial charge is 0.325 e. The van der Waals surface area contributed by atoms with Crippen LogP contribution in [0.25, 0.3) is 0 Å². The Kier molecular flexibility index (Phi) is 7.94. The van der Waals surface area contributed by atoms with Gasteiger partial charge in [-0.2, -0.15) is 0 Å². The van der Waals surface area contributed by atoms with E-state index in [1.54, 1.807) is 30.3 Å². The Labute approximate surface area is 181 Å². The van der Waals surface area contributed by atoms with Gasteiger partial charge in [0.25, 0.3) is 11.8 Å². The molecule has 3 aromatic carbocycles. The summed E-state index contributed by atoms with van der Waals surface area (Å²) in [5, 5.41) is 5.40. The van der Waals surface area contributed by atoms with Crippen LogP contribution < -0.4 is 10.6 Å². The standard InChI is InChI=1S/C25H24N2O4/c28-23(18-31-24(29)17-26-25(30)21-14-8-3-9-15-21)27-22(20-12-6-2-7-13-20)16-19-10-4-1-5-11-19/h1-15,22H,16-18H2,(H,26,30)(H,27,28)/t22-/m0/s1. The van der Waals surface area contributed by atoms with Crippen molar-refractivity contribution in [3.8, 4) is 0 Å². The zero-order valence-electron chi connectivity index (χ0n) is 17.0. The number of nitrogens with one attached hydrogen (secondary N) is 2. The first kappa shape index (κ1) is 21.8. The van der Waals surface area contributed by atoms with Crippen molar-refractivity contribution in [2.24, 2.45) is 0 Å². The highest BCUT2D eigenvalue weighted by Crippen LogP contribution is 2.18. The molecule has 0 radical (unpaired) electrons. The summed E-state index contributed by atoms with van der Waals surface area (Å²) in [4.78, 5) is 36.3. The lowest BCUT2D eigenvalue weighted by molar-refractivity contribution is -0.147. The van der Waals surface area contributed by atoms with Gasteiger partial charge in [-0.15, -0.1) is 0 Å². The monoisotopic (exact) mass is 416 g/mol. The molecule has 2 N–H and O–H groups in total. The maximum absolute atomic E-state index is 12.4. The van der Waals surface area contributed by atoms with E-state index in [9.17, 15) is 14.4 Å². The Hall–Kier alpha value is -3.93. The topological polar surface area (TPSA) is 84.5 Å². The largest absolute Gasteiger partial charge is 0.454 e. The van der Waals surface area contributed by atoms with E-state index in [2.05, 4.69) is 10.6 Å². The number of esters is 1. The van der Waals surface area contributed by atoms with Crippen LogP contribution in [0, 0.1) is 0 Å². The molecule has 0 aliphatic carbocycles. The lowest BCUT2D eigenvalue weighted by Crippen LogP contribution is -2.36. The summed E-state index contributed by atoms with van der Waals surface area (Å²) in [5.41, 5.74) is 2.48. The second kappa shape index (κ2) is 11.3. The second-order valence-electron chi connectivity index (χ2n) is 6.93. The van der Waals surface area contributed by atoms with Crippen LogP contribution in [0.3, 0.4) is 0 Å². The van der Waals surface area contributed by atoms with E-state index in [0.717, 1.165) is 11.1 Å². The molecule has 0 spiro atoms. The zero-order valence-corrected chi connectivity index (χ0v) is 17.0. The highest BCUT2D eigenvalue weighted by Gasteiger charge is 2.17. The van der Waals surface area contributed by atoms with E-state index < -0.39 is 18.5 Å².